The number of H-pyrrole nitrogens is 1. The standard InChI is InChI=1S/C52H93N19O12/c1-8-28(5)39(68-42(74)32(54)15-10-11-19-53)47(79)62-25-37(73)71-22-14-18-36(71)46(78)65-33(16-12-20-60-51(55)56)43(75)64-34(17-13-21-61-52(57)58)44(76)69-40(29(6)9-2)48(80)66-35(23-31-24-59-26-63-31)45(77)70-41(30(7)72)49(81)67-38(27(3)4)50(82)83/h24,26-30,32-36,38-41,72H,8-23,25,53-54H2,1-7H3,(H,59,63)(H,62,79)(H,64,75)(H,65,78)(H,66,80)(H,67,81)(H,68,74)(H,69,76)(H,70,77)(H,82,83)(H4,55,56,60)(H4,57,58,61)/t28-,29-,30+,32-,33-,34-,35-,36-,38-,39-,40-,41-/m0/s1. The van der Waals surface area contributed by atoms with Crippen LogP contribution in [0, 0.1) is 17.8 Å². The van der Waals surface area contributed by atoms with Gasteiger partial charge < -0.3 is 97.0 Å². The molecule has 12 atom stereocenters. The molecule has 23 N–H and O–H groups in total. The van der Waals surface area contributed by atoms with Crippen LogP contribution in [0.15, 0.2) is 22.5 Å². The zero-order valence-electron chi connectivity index (χ0n) is 48.9. The van der Waals surface area contributed by atoms with Crippen molar-refractivity contribution in [3.05, 3.63) is 18.2 Å². The molecule has 468 valence electrons. The van der Waals surface area contributed by atoms with Gasteiger partial charge in [-0.25, -0.2) is 9.78 Å². The number of aromatic amines is 1. The molecule has 0 radical (unpaired) electrons. The Kier molecular flexibility index (Phi) is 31.6. The Balaban J connectivity index is 2.44. The predicted molar refractivity (Wildman–Crippen MR) is 307 cm³/mol. The number of nitrogens with one attached hydrogen (secondary N) is 9. The number of hydrogen-bond donors (Lipinski definition) is 17. The molecular formula is C52H93N19O12. The number of guanidine groups is 2. The number of carboxylic acids is 1. The monoisotopic (exact) mass is 1180 g/mol. The van der Waals surface area contributed by atoms with Gasteiger partial charge in [0.05, 0.1) is 25.0 Å². The van der Waals surface area contributed by atoms with Crippen molar-refractivity contribution in [3.8, 4) is 0 Å². The summed E-state index contributed by atoms with van der Waals surface area (Å²) in [5.41, 5.74) is 34.2. The van der Waals surface area contributed by atoms with E-state index in [2.05, 4.69) is 62.5 Å². The van der Waals surface area contributed by atoms with Crippen LogP contribution in [0.25, 0.3) is 0 Å². The second-order valence-electron chi connectivity index (χ2n) is 21.3. The number of imidazole rings is 1. The molecule has 83 heavy (non-hydrogen) atoms. The van der Waals surface area contributed by atoms with Crippen molar-refractivity contribution in [2.24, 2.45) is 62.1 Å². The van der Waals surface area contributed by atoms with E-state index in [1.807, 2.05) is 6.92 Å². The summed E-state index contributed by atoms with van der Waals surface area (Å²) in [4.78, 5) is 153. The smallest absolute Gasteiger partial charge is 0.326 e. The molecule has 0 bridgehead atoms. The highest BCUT2D eigenvalue weighted by molar-refractivity contribution is 5.98. The highest BCUT2D eigenvalue weighted by Crippen LogP contribution is 2.19. The first-order valence-corrected chi connectivity index (χ1v) is 28.3. The van der Waals surface area contributed by atoms with E-state index in [-0.39, 0.29) is 76.0 Å². The van der Waals surface area contributed by atoms with Crippen LogP contribution in [0.5, 0.6) is 0 Å². The molecule has 1 fully saturated rings. The molecule has 1 saturated heterocycles. The second-order valence-corrected chi connectivity index (χ2v) is 21.3. The van der Waals surface area contributed by atoms with Gasteiger partial charge in [0.1, 0.15) is 48.3 Å². The van der Waals surface area contributed by atoms with Crippen LogP contribution in [-0.2, 0) is 54.4 Å². The SMILES string of the molecule is CC[C@H](C)[C@H](NC(=O)[C@H](CCCN=C(N)N)NC(=O)[C@H](CCCN=C(N)N)NC(=O)[C@@H]1CCCN1C(=O)CNC(=O)[C@@H](NC(=O)[C@@H](N)CCCCN)[C@@H](C)CC)C(=O)N[C@@H](Cc1cnc[nH]1)C(=O)N[C@H](C(=O)N[C@H](C(=O)O)C(C)C)[C@@H](C)O. The molecule has 0 aromatic carbocycles. The molecule has 9 amide bonds. The van der Waals surface area contributed by atoms with Gasteiger partial charge in [-0.05, 0) is 82.6 Å². The number of aromatic nitrogens is 2. The summed E-state index contributed by atoms with van der Waals surface area (Å²) in [6.45, 7) is 11.5. The van der Waals surface area contributed by atoms with E-state index >= 15 is 0 Å². The van der Waals surface area contributed by atoms with Crippen LogP contribution in [-0.4, -0.2) is 189 Å². The lowest BCUT2D eigenvalue weighted by molar-refractivity contribution is -0.144. The molecule has 31 heteroatoms. The van der Waals surface area contributed by atoms with Crippen LogP contribution < -0.4 is 76.9 Å². The van der Waals surface area contributed by atoms with E-state index < -0.39 is 138 Å². The van der Waals surface area contributed by atoms with E-state index in [1.54, 1.807) is 34.6 Å². The van der Waals surface area contributed by atoms with E-state index in [0.29, 0.717) is 50.8 Å². The quantitative estimate of drug-likeness (QED) is 0.0168. The van der Waals surface area contributed by atoms with Gasteiger partial charge in [0, 0.05) is 37.9 Å². The summed E-state index contributed by atoms with van der Waals surface area (Å²) in [6, 6.07) is -11.6. The minimum atomic E-state index is -1.67. The Labute approximate surface area is 484 Å². The number of aliphatic carboxylic acids is 1. The zero-order valence-corrected chi connectivity index (χ0v) is 48.9. The number of rotatable bonds is 38. The summed E-state index contributed by atoms with van der Waals surface area (Å²) in [5, 5.41) is 41.1. The largest absolute Gasteiger partial charge is 0.480 e. The van der Waals surface area contributed by atoms with Crippen molar-refractivity contribution in [1.82, 2.24) is 57.4 Å². The lowest BCUT2D eigenvalue weighted by Gasteiger charge is -2.30. The second kappa shape index (κ2) is 36.7. The van der Waals surface area contributed by atoms with Crippen molar-refractivity contribution in [2.45, 2.75) is 186 Å². The Morgan fingerprint density at radius 3 is 1.69 bits per heavy atom. The van der Waals surface area contributed by atoms with Crippen LogP contribution >= 0.6 is 0 Å². The molecule has 2 rings (SSSR count). The van der Waals surface area contributed by atoms with Gasteiger partial charge in [-0.1, -0.05) is 60.8 Å². The third-order valence-electron chi connectivity index (χ3n) is 14.2. The Morgan fingerprint density at radius 1 is 0.663 bits per heavy atom. The van der Waals surface area contributed by atoms with Crippen molar-refractivity contribution in [1.29, 1.82) is 0 Å². The average Bonchev–Trinajstić information content (AvgIpc) is 4.28. The van der Waals surface area contributed by atoms with Crippen molar-refractivity contribution < 1.29 is 58.2 Å². The zero-order chi connectivity index (χ0) is 62.5. The molecule has 1 aliphatic heterocycles. The van der Waals surface area contributed by atoms with E-state index in [1.165, 1.54) is 24.3 Å². The number of nitrogens with two attached hydrogens (primary N) is 6. The average molecular weight is 1180 g/mol. The van der Waals surface area contributed by atoms with Gasteiger partial charge in [0.15, 0.2) is 11.9 Å². The predicted octanol–water partition coefficient (Wildman–Crippen LogP) is -4.77. The maximum atomic E-state index is 14.5. The highest BCUT2D eigenvalue weighted by Gasteiger charge is 2.39. The number of hydrogen-bond acceptors (Lipinski definition) is 16. The van der Waals surface area contributed by atoms with E-state index in [4.69, 9.17) is 34.4 Å². The summed E-state index contributed by atoms with van der Waals surface area (Å²) < 4.78 is 0. The molecule has 1 aromatic heterocycles. The summed E-state index contributed by atoms with van der Waals surface area (Å²) in [7, 11) is 0. The third-order valence-corrected chi connectivity index (χ3v) is 14.2. The van der Waals surface area contributed by atoms with Crippen LogP contribution in [0.4, 0.5) is 0 Å². The molecule has 0 spiro atoms. The van der Waals surface area contributed by atoms with Crippen molar-refractivity contribution in [2.75, 3.05) is 32.7 Å². The topological polar surface area (TPSA) is 520 Å². The summed E-state index contributed by atoms with van der Waals surface area (Å²) in [6.07, 6.45) is 4.12. The number of nitrogens with zero attached hydrogens (tertiary/aromatic N) is 4. The van der Waals surface area contributed by atoms with Gasteiger partial charge in [-0.15, -0.1) is 0 Å². The first kappa shape index (κ1) is 71.4. The number of aliphatic imine (C=N–C) groups is 2. The molecule has 1 aliphatic rings. The van der Waals surface area contributed by atoms with Crippen LogP contribution in [0.3, 0.4) is 0 Å². The lowest BCUT2D eigenvalue weighted by Crippen LogP contribution is -2.62. The fraction of sp³-hybridized carbons (Fsp3) is 0.712. The molecule has 2 heterocycles. The minimum Gasteiger partial charge on any atom is -0.480 e. The lowest BCUT2D eigenvalue weighted by atomic mass is 9.96. The molecule has 1 aromatic rings. The molecule has 0 aliphatic carbocycles. The highest BCUT2D eigenvalue weighted by atomic mass is 16.4. The van der Waals surface area contributed by atoms with Crippen molar-refractivity contribution >= 4 is 71.1 Å². The van der Waals surface area contributed by atoms with Gasteiger partial charge in [0.2, 0.25) is 53.2 Å². The first-order chi connectivity index (χ1) is 39.2. The Bertz CT molecular complexity index is 2350. The number of unbranched alkanes of at least 4 members (excludes halogenated alkanes) is 1. The number of carbonyl (C=O) groups is 10. The summed E-state index contributed by atoms with van der Waals surface area (Å²) >= 11 is 0. The molecule has 0 unspecified atom stereocenters. The number of amides is 9. The van der Waals surface area contributed by atoms with Gasteiger partial charge >= 0.3 is 5.97 Å². The Morgan fingerprint density at radius 2 is 1.17 bits per heavy atom. The van der Waals surface area contributed by atoms with Gasteiger partial charge in [0.25, 0.3) is 0 Å². The summed E-state index contributed by atoms with van der Waals surface area (Å²) in [5.74, 6) is -10.3. The maximum absolute atomic E-state index is 14.5. The van der Waals surface area contributed by atoms with Crippen LogP contribution in [0.1, 0.15) is 125 Å². The normalized spacial score (nSPS) is 17.0. The van der Waals surface area contributed by atoms with Crippen molar-refractivity contribution in [3.63, 3.8) is 0 Å². The number of carboxylic acid groups (broad SMARTS) is 1. The van der Waals surface area contributed by atoms with Crippen LogP contribution in [0.2, 0.25) is 0 Å². The van der Waals surface area contributed by atoms with Gasteiger partial charge in [-0.3, -0.25) is 53.1 Å². The van der Waals surface area contributed by atoms with E-state index in [9.17, 15) is 58.2 Å². The number of aliphatic hydroxyl groups excluding tert-OH is 1. The molecule has 0 saturated carbocycles. The Hall–Kier alpha value is -7.67. The maximum Gasteiger partial charge on any atom is 0.326 e. The van der Waals surface area contributed by atoms with E-state index in [0.717, 1.165) is 0 Å². The fourth-order valence-corrected chi connectivity index (χ4v) is 8.86. The minimum absolute atomic E-state index is 0.0168. The number of aliphatic hydroxyl groups is 1. The number of carbonyl (C=O) groups excluding carboxylic acids is 9. The third kappa shape index (κ3) is 24.8. The molecule has 31 nitrogen and oxygen atoms in total. The first-order valence-electron chi connectivity index (χ1n) is 28.3. The van der Waals surface area contributed by atoms with Gasteiger partial charge in [-0.2, -0.15) is 0 Å². The number of likely N-dealkylation sites (tertiary alicyclic amines) is 1. The molecular weight excluding hydrogens is 1080 g/mol. The fourth-order valence-electron chi connectivity index (χ4n) is 8.86.